The molecule has 0 saturated heterocycles. The minimum absolute atomic E-state index is 0.301. The standard InChI is InChI=1S/C11H17NO/c1-3-10-5-4-6-11(7-10)12-8-9(2)13/h4-7,9,12-13H,3,8H2,1-2H3. The Morgan fingerprint density at radius 2 is 2.23 bits per heavy atom. The Bertz CT molecular complexity index is 258. The lowest BCUT2D eigenvalue weighted by atomic mass is 10.1. The molecule has 0 aromatic heterocycles. The van der Waals surface area contributed by atoms with Crippen molar-refractivity contribution in [2.75, 3.05) is 11.9 Å². The Morgan fingerprint density at radius 1 is 1.46 bits per heavy atom. The molecule has 0 aliphatic rings. The molecule has 0 heterocycles. The second kappa shape index (κ2) is 4.87. The normalized spacial score (nSPS) is 12.5. The predicted molar refractivity (Wildman–Crippen MR) is 56.0 cm³/mol. The Labute approximate surface area is 79.6 Å². The van der Waals surface area contributed by atoms with Gasteiger partial charge < -0.3 is 10.4 Å². The number of benzene rings is 1. The van der Waals surface area contributed by atoms with Crippen LogP contribution in [0.25, 0.3) is 0 Å². The van der Waals surface area contributed by atoms with Crippen molar-refractivity contribution in [3.63, 3.8) is 0 Å². The molecule has 2 N–H and O–H groups in total. The molecule has 13 heavy (non-hydrogen) atoms. The van der Waals surface area contributed by atoms with Crippen LogP contribution in [0.2, 0.25) is 0 Å². The number of aliphatic hydroxyl groups is 1. The van der Waals surface area contributed by atoms with Gasteiger partial charge in [0.2, 0.25) is 0 Å². The van der Waals surface area contributed by atoms with Crippen molar-refractivity contribution in [2.45, 2.75) is 26.4 Å². The van der Waals surface area contributed by atoms with Gasteiger partial charge in [-0.2, -0.15) is 0 Å². The largest absolute Gasteiger partial charge is 0.392 e. The Hall–Kier alpha value is -1.02. The summed E-state index contributed by atoms with van der Waals surface area (Å²) in [6, 6.07) is 8.26. The molecule has 1 rings (SSSR count). The highest BCUT2D eigenvalue weighted by Crippen LogP contribution is 2.10. The fraction of sp³-hybridized carbons (Fsp3) is 0.455. The van der Waals surface area contributed by atoms with E-state index < -0.39 is 0 Å². The summed E-state index contributed by atoms with van der Waals surface area (Å²) in [5.74, 6) is 0. The van der Waals surface area contributed by atoms with Crippen LogP contribution in [0.5, 0.6) is 0 Å². The van der Waals surface area contributed by atoms with E-state index in [1.165, 1.54) is 5.56 Å². The van der Waals surface area contributed by atoms with E-state index in [0.717, 1.165) is 12.1 Å². The van der Waals surface area contributed by atoms with Gasteiger partial charge >= 0.3 is 0 Å². The SMILES string of the molecule is CCc1cccc(NCC(C)O)c1. The van der Waals surface area contributed by atoms with Crippen molar-refractivity contribution in [1.29, 1.82) is 0 Å². The summed E-state index contributed by atoms with van der Waals surface area (Å²) >= 11 is 0. The fourth-order valence-electron chi connectivity index (χ4n) is 1.17. The summed E-state index contributed by atoms with van der Waals surface area (Å²) in [7, 11) is 0. The summed E-state index contributed by atoms with van der Waals surface area (Å²) in [5.41, 5.74) is 2.40. The van der Waals surface area contributed by atoms with Crippen molar-refractivity contribution in [2.24, 2.45) is 0 Å². The molecule has 1 unspecified atom stereocenters. The summed E-state index contributed by atoms with van der Waals surface area (Å²) in [4.78, 5) is 0. The van der Waals surface area contributed by atoms with E-state index >= 15 is 0 Å². The molecule has 0 radical (unpaired) electrons. The Balaban J connectivity index is 2.56. The van der Waals surface area contributed by atoms with Gasteiger partial charge in [0.1, 0.15) is 0 Å². The number of aliphatic hydroxyl groups excluding tert-OH is 1. The number of aryl methyl sites for hydroxylation is 1. The molecule has 1 aromatic rings. The summed E-state index contributed by atoms with van der Waals surface area (Å²) in [6.45, 7) is 4.51. The van der Waals surface area contributed by atoms with Crippen LogP contribution in [-0.2, 0) is 6.42 Å². The summed E-state index contributed by atoms with van der Waals surface area (Å²) in [6.07, 6.45) is 0.745. The molecule has 0 spiro atoms. The van der Waals surface area contributed by atoms with Gasteiger partial charge in [-0.3, -0.25) is 0 Å². The highest BCUT2D eigenvalue weighted by Gasteiger charge is 1.96. The lowest BCUT2D eigenvalue weighted by molar-refractivity contribution is 0.208. The third-order valence-electron chi connectivity index (χ3n) is 1.94. The number of hydrogen-bond acceptors (Lipinski definition) is 2. The first-order chi connectivity index (χ1) is 6.22. The maximum absolute atomic E-state index is 9.08. The van der Waals surface area contributed by atoms with Gasteiger partial charge in [0.25, 0.3) is 0 Å². The van der Waals surface area contributed by atoms with Gasteiger partial charge in [-0.25, -0.2) is 0 Å². The smallest absolute Gasteiger partial charge is 0.0684 e. The molecule has 1 aromatic carbocycles. The lowest BCUT2D eigenvalue weighted by Crippen LogP contribution is -2.15. The maximum atomic E-state index is 9.08. The third kappa shape index (κ3) is 3.47. The van der Waals surface area contributed by atoms with Crippen molar-refractivity contribution in [1.82, 2.24) is 0 Å². The van der Waals surface area contributed by atoms with Gasteiger partial charge in [-0.05, 0) is 31.0 Å². The molecule has 0 aliphatic heterocycles. The molecule has 2 nitrogen and oxygen atoms in total. The lowest BCUT2D eigenvalue weighted by Gasteiger charge is -2.09. The summed E-state index contributed by atoms with van der Waals surface area (Å²) in [5, 5.41) is 12.2. The molecular formula is C11H17NO. The maximum Gasteiger partial charge on any atom is 0.0684 e. The first kappa shape index (κ1) is 10.1. The molecule has 0 amide bonds. The average Bonchev–Trinajstić information content (AvgIpc) is 2.15. The summed E-state index contributed by atoms with van der Waals surface area (Å²) < 4.78 is 0. The highest BCUT2D eigenvalue weighted by molar-refractivity contribution is 5.45. The van der Waals surface area contributed by atoms with Gasteiger partial charge in [-0.1, -0.05) is 19.1 Å². The molecular weight excluding hydrogens is 162 g/mol. The van der Waals surface area contributed by atoms with Crippen LogP contribution in [0.4, 0.5) is 5.69 Å². The minimum atomic E-state index is -0.301. The molecule has 2 heteroatoms. The molecule has 0 bridgehead atoms. The van der Waals surface area contributed by atoms with E-state index in [0.29, 0.717) is 6.54 Å². The molecule has 0 fully saturated rings. The zero-order valence-electron chi connectivity index (χ0n) is 8.25. The van der Waals surface area contributed by atoms with E-state index in [9.17, 15) is 0 Å². The monoisotopic (exact) mass is 179 g/mol. The number of hydrogen-bond donors (Lipinski definition) is 2. The Morgan fingerprint density at radius 3 is 2.85 bits per heavy atom. The zero-order valence-corrected chi connectivity index (χ0v) is 8.25. The van der Waals surface area contributed by atoms with Gasteiger partial charge in [0, 0.05) is 12.2 Å². The average molecular weight is 179 g/mol. The van der Waals surface area contributed by atoms with Gasteiger partial charge in [0.05, 0.1) is 6.10 Å². The van der Waals surface area contributed by atoms with Crippen molar-refractivity contribution in [3.8, 4) is 0 Å². The van der Waals surface area contributed by atoms with Crippen molar-refractivity contribution in [3.05, 3.63) is 29.8 Å². The van der Waals surface area contributed by atoms with E-state index in [1.54, 1.807) is 6.92 Å². The van der Waals surface area contributed by atoms with E-state index in [4.69, 9.17) is 5.11 Å². The molecule has 1 atom stereocenters. The first-order valence-corrected chi connectivity index (χ1v) is 4.73. The van der Waals surface area contributed by atoms with Crippen LogP contribution >= 0.6 is 0 Å². The van der Waals surface area contributed by atoms with Gasteiger partial charge in [-0.15, -0.1) is 0 Å². The molecule has 72 valence electrons. The van der Waals surface area contributed by atoms with E-state index in [1.807, 2.05) is 12.1 Å². The fourth-order valence-corrected chi connectivity index (χ4v) is 1.17. The van der Waals surface area contributed by atoms with Crippen LogP contribution in [0.1, 0.15) is 19.4 Å². The highest BCUT2D eigenvalue weighted by atomic mass is 16.3. The van der Waals surface area contributed by atoms with Crippen molar-refractivity contribution >= 4 is 5.69 Å². The number of anilines is 1. The van der Waals surface area contributed by atoms with Crippen LogP contribution in [0.3, 0.4) is 0 Å². The molecule has 0 saturated carbocycles. The number of rotatable bonds is 4. The topological polar surface area (TPSA) is 32.3 Å². The van der Waals surface area contributed by atoms with Crippen LogP contribution in [0.15, 0.2) is 24.3 Å². The number of nitrogens with one attached hydrogen (secondary N) is 1. The van der Waals surface area contributed by atoms with Crippen LogP contribution in [0, 0.1) is 0 Å². The van der Waals surface area contributed by atoms with E-state index in [2.05, 4.69) is 24.4 Å². The van der Waals surface area contributed by atoms with Gasteiger partial charge in [0.15, 0.2) is 0 Å². The first-order valence-electron chi connectivity index (χ1n) is 4.73. The zero-order chi connectivity index (χ0) is 9.68. The second-order valence-corrected chi connectivity index (χ2v) is 3.28. The second-order valence-electron chi connectivity index (χ2n) is 3.28. The van der Waals surface area contributed by atoms with Crippen LogP contribution < -0.4 is 5.32 Å². The third-order valence-corrected chi connectivity index (χ3v) is 1.94. The van der Waals surface area contributed by atoms with Crippen LogP contribution in [-0.4, -0.2) is 17.8 Å². The van der Waals surface area contributed by atoms with Crippen molar-refractivity contribution < 1.29 is 5.11 Å². The quantitative estimate of drug-likeness (QED) is 0.741. The van der Waals surface area contributed by atoms with E-state index in [-0.39, 0.29) is 6.10 Å². The predicted octanol–water partition coefficient (Wildman–Crippen LogP) is 2.04. The molecule has 0 aliphatic carbocycles. The minimum Gasteiger partial charge on any atom is -0.392 e. The Kier molecular flexibility index (Phi) is 3.77.